The zero-order valence-corrected chi connectivity index (χ0v) is 11.5. The highest BCUT2D eigenvalue weighted by atomic mass is 16.5. The van der Waals surface area contributed by atoms with Crippen molar-refractivity contribution in [2.45, 2.75) is 51.7 Å². The molecule has 0 bridgehead atoms. The maximum atomic E-state index is 5.73. The van der Waals surface area contributed by atoms with Crippen LogP contribution in [0.4, 0.5) is 0 Å². The largest absolute Gasteiger partial charge is 0.377 e. The zero-order valence-electron chi connectivity index (χ0n) is 11.5. The maximum absolute atomic E-state index is 5.73. The lowest BCUT2D eigenvalue weighted by molar-refractivity contribution is 0.0639. The molecule has 17 heavy (non-hydrogen) atoms. The van der Waals surface area contributed by atoms with Crippen LogP contribution in [0.25, 0.3) is 0 Å². The molecule has 0 radical (unpaired) electrons. The fraction of sp³-hybridized carbons (Fsp3) is 1.00. The molecule has 2 rings (SSSR count). The Morgan fingerprint density at radius 3 is 2.59 bits per heavy atom. The average Bonchev–Trinajstić information content (AvgIpc) is 2.76. The van der Waals surface area contributed by atoms with Crippen molar-refractivity contribution in [1.82, 2.24) is 10.2 Å². The lowest BCUT2D eigenvalue weighted by Crippen LogP contribution is -2.44. The first-order valence-electron chi connectivity index (χ1n) is 7.37. The van der Waals surface area contributed by atoms with E-state index in [-0.39, 0.29) is 0 Å². The number of hydrogen-bond acceptors (Lipinski definition) is 3. The van der Waals surface area contributed by atoms with Crippen LogP contribution in [-0.4, -0.2) is 49.8 Å². The Labute approximate surface area is 106 Å². The molecule has 2 atom stereocenters. The van der Waals surface area contributed by atoms with E-state index in [2.05, 4.69) is 24.1 Å². The third-order valence-electron chi connectivity index (χ3n) is 4.27. The molecule has 2 heterocycles. The van der Waals surface area contributed by atoms with Gasteiger partial charge in [-0.15, -0.1) is 0 Å². The summed E-state index contributed by atoms with van der Waals surface area (Å²) >= 11 is 0. The predicted octanol–water partition coefficient (Wildman–Crippen LogP) is 1.88. The molecule has 3 nitrogen and oxygen atoms in total. The van der Waals surface area contributed by atoms with Crippen molar-refractivity contribution < 1.29 is 4.74 Å². The van der Waals surface area contributed by atoms with E-state index in [0.29, 0.717) is 12.1 Å². The molecule has 2 saturated heterocycles. The molecule has 0 aromatic carbocycles. The fourth-order valence-electron chi connectivity index (χ4n) is 3.28. The van der Waals surface area contributed by atoms with Crippen LogP contribution < -0.4 is 5.32 Å². The van der Waals surface area contributed by atoms with E-state index in [4.69, 9.17) is 4.74 Å². The van der Waals surface area contributed by atoms with E-state index >= 15 is 0 Å². The summed E-state index contributed by atoms with van der Waals surface area (Å²) in [4.78, 5) is 2.70. The van der Waals surface area contributed by atoms with E-state index in [1.807, 2.05) is 0 Å². The van der Waals surface area contributed by atoms with E-state index in [1.54, 1.807) is 0 Å². The van der Waals surface area contributed by atoms with Gasteiger partial charge in [-0.05, 0) is 58.2 Å². The number of nitrogens with zero attached hydrogens (tertiary/aromatic N) is 1. The number of ether oxygens (including phenoxy) is 1. The molecule has 2 fully saturated rings. The molecular weight excluding hydrogens is 212 g/mol. The predicted molar refractivity (Wildman–Crippen MR) is 71.3 cm³/mol. The lowest BCUT2D eigenvalue weighted by atomic mass is 9.96. The van der Waals surface area contributed by atoms with Crippen molar-refractivity contribution in [2.24, 2.45) is 5.92 Å². The number of nitrogens with one attached hydrogen (secondary N) is 1. The Balaban J connectivity index is 1.86. The number of rotatable bonds is 5. The summed E-state index contributed by atoms with van der Waals surface area (Å²) in [6.45, 7) is 10.4. The Morgan fingerprint density at radius 2 is 2.00 bits per heavy atom. The molecule has 2 aliphatic rings. The molecular formula is C14H28N2O. The quantitative estimate of drug-likeness (QED) is 0.794. The van der Waals surface area contributed by atoms with Gasteiger partial charge in [-0.3, -0.25) is 4.90 Å². The summed E-state index contributed by atoms with van der Waals surface area (Å²) in [7, 11) is 0. The summed E-state index contributed by atoms with van der Waals surface area (Å²) in [5, 5.41) is 3.46. The molecule has 2 unspecified atom stereocenters. The maximum Gasteiger partial charge on any atom is 0.0703 e. The van der Waals surface area contributed by atoms with Crippen molar-refractivity contribution in [3.8, 4) is 0 Å². The van der Waals surface area contributed by atoms with Gasteiger partial charge in [0, 0.05) is 19.2 Å². The summed E-state index contributed by atoms with van der Waals surface area (Å²) < 4.78 is 5.73. The third kappa shape index (κ3) is 3.67. The molecule has 1 N–H and O–H groups in total. The normalized spacial score (nSPS) is 31.2. The van der Waals surface area contributed by atoms with Crippen LogP contribution in [0.5, 0.6) is 0 Å². The molecule has 0 aromatic heterocycles. The van der Waals surface area contributed by atoms with Crippen LogP contribution in [0.3, 0.4) is 0 Å². The Hall–Kier alpha value is -0.120. The molecule has 0 spiro atoms. The molecule has 2 aliphatic heterocycles. The molecule has 0 aromatic rings. The van der Waals surface area contributed by atoms with Crippen molar-refractivity contribution in [1.29, 1.82) is 0 Å². The van der Waals surface area contributed by atoms with Gasteiger partial charge in [0.05, 0.1) is 6.10 Å². The van der Waals surface area contributed by atoms with Crippen LogP contribution in [0, 0.1) is 5.92 Å². The minimum Gasteiger partial charge on any atom is -0.377 e. The first kappa shape index (κ1) is 13.3. The molecule has 0 aliphatic carbocycles. The smallest absolute Gasteiger partial charge is 0.0703 e. The zero-order chi connectivity index (χ0) is 12.1. The highest BCUT2D eigenvalue weighted by molar-refractivity contribution is 4.84. The Kier molecular flexibility index (Phi) is 5.26. The van der Waals surface area contributed by atoms with Gasteiger partial charge < -0.3 is 10.1 Å². The monoisotopic (exact) mass is 240 g/mol. The summed E-state index contributed by atoms with van der Waals surface area (Å²) in [6.07, 6.45) is 5.62. The van der Waals surface area contributed by atoms with Crippen LogP contribution in [0.2, 0.25) is 0 Å². The van der Waals surface area contributed by atoms with Gasteiger partial charge in [0.15, 0.2) is 0 Å². The third-order valence-corrected chi connectivity index (χ3v) is 4.27. The van der Waals surface area contributed by atoms with Gasteiger partial charge in [-0.2, -0.15) is 0 Å². The average molecular weight is 240 g/mol. The van der Waals surface area contributed by atoms with Gasteiger partial charge in [-0.25, -0.2) is 0 Å². The molecule has 0 amide bonds. The summed E-state index contributed by atoms with van der Waals surface area (Å²) in [6, 6.07) is 0.671. The first-order chi connectivity index (χ1) is 8.31. The van der Waals surface area contributed by atoms with Gasteiger partial charge in [0.25, 0.3) is 0 Å². The van der Waals surface area contributed by atoms with Crippen molar-refractivity contribution in [3.05, 3.63) is 0 Å². The van der Waals surface area contributed by atoms with Crippen LogP contribution in [0.1, 0.15) is 39.5 Å². The van der Waals surface area contributed by atoms with Crippen molar-refractivity contribution in [2.75, 3.05) is 32.8 Å². The van der Waals surface area contributed by atoms with Crippen LogP contribution >= 0.6 is 0 Å². The van der Waals surface area contributed by atoms with Gasteiger partial charge in [0.1, 0.15) is 0 Å². The standard InChI is InChI=1S/C14H28N2O/c1-3-9-16(14-6-10-17-12(14)2)11-13-4-7-15-8-5-13/h12-15H,3-11H2,1-2H3. The molecule has 3 heteroatoms. The fourth-order valence-corrected chi connectivity index (χ4v) is 3.28. The SMILES string of the molecule is CCCN(CC1CCNCC1)C1CCOC1C. The van der Waals surface area contributed by atoms with E-state index in [0.717, 1.165) is 12.5 Å². The Morgan fingerprint density at radius 1 is 1.24 bits per heavy atom. The highest BCUT2D eigenvalue weighted by Crippen LogP contribution is 2.23. The van der Waals surface area contributed by atoms with E-state index < -0.39 is 0 Å². The second-order valence-electron chi connectivity index (χ2n) is 5.62. The second-order valence-corrected chi connectivity index (χ2v) is 5.62. The van der Waals surface area contributed by atoms with Crippen LogP contribution in [-0.2, 0) is 4.74 Å². The van der Waals surface area contributed by atoms with Crippen molar-refractivity contribution >= 4 is 0 Å². The van der Waals surface area contributed by atoms with Gasteiger partial charge in [0.2, 0.25) is 0 Å². The molecule has 0 saturated carbocycles. The highest BCUT2D eigenvalue weighted by Gasteiger charge is 2.30. The number of piperidine rings is 1. The van der Waals surface area contributed by atoms with Crippen LogP contribution in [0.15, 0.2) is 0 Å². The summed E-state index contributed by atoms with van der Waals surface area (Å²) in [5.41, 5.74) is 0. The van der Waals surface area contributed by atoms with E-state index in [9.17, 15) is 0 Å². The molecule has 100 valence electrons. The van der Waals surface area contributed by atoms with Gasteiger partial charge in [-0.1, -0.05) is 6.92 Å². The number of hydrogen-bond donors (Lipinski definition) is 1. The van der Waals surface area contributed by atoms with E-state index in [1.165, 1.54) is 51.9 Å². The van der Waals surface area contributed by atoms with Gasteiger partial charge >= 0.3 is 0 Å². The topological polar surface area (TPSA) is 24.5 Å². The first-order valence-corrected chi connectivity index (χ1v) is 7.37. The minimum atomic E-state index is 0.434. The second kappa shape index (κ2) is 6.72. The Bertz CT molecular complexity index is 216. The summed E-state index contributed by atoms with van der Waals surface area (Å²) in [5.74, 6) is 0.899. The van der Waals surface area contributed by atoms with Crippen molar-refractivity contribution in [3.63, 3.8) is 0 Å². The minimum absolute atomic E-state index is 0.434. The lowest BCUT2D eigenvalue weighted by Gasteiger charge is -2.35.